The number of thiazole rings is 1. The van der Waals surface area contributed by atoms with Gasteiger partial charge in [-0.05, 0) is 0 Å². The Balaban J connectivity index is 2.87. The minimum Gasteiger partial charge on any atom is -0.542 e. The Morgan fingerprint density at radius 1 is 1.53 bits per heavy atom. The van der Waals surface area contributed by atoms with Crippen molar-refractivity contribution in [3.63, 3.8) is 0 Å². The lowest BCUT2D eigenvalue weighted by molar-refractivity contribution is -0.255. The number of nitrogens with two attached hydrogens (primary N) is 1. The number of carbonyl (C=O) groups is 2. The van der Waals surface area contributed by atoms with Crippen molar-refractivity contribution >= 4 is 23.2 Å². The van der Waals surface area contributed by atoms with Crippen molar-refractivity contribution < 1.29 is 24.9 Å². The number of hydrogen-bond acceptors (Lipinski definition) is 7. The molecule has 1 aromatic heterocycles. The summed E-state index contributed by atoms with van der Waals surface area (Å²) in [5.74, 6) is -2.61. The van der Waals surface area contributed by atoms with Gasteiger partial charge in [-0.2, -0.15) is 0 Å². The van der Waals surface area contributed by atoms with Gasteiger partial charge >= 0.3 is 0 Å². The number of aromatic nitrogens is 1. The van der Waals surface area contributed by atoms with Crippen LogP contribution in [-0.2, 0) is 4.79 Å². The van der Waals surface area contributed by atoms with Gasteiger partial charge in [0.1, 0.15) is 17.1 Å². The molecule has 15 heavy (non-hydrogen) atoms. The van der Waals surface area contributed by atoms with E-state index in [4.69, 9.17) is 10.8 Å². The standard InChI is InChI=1S/C7H8N2O5S/c8-5(12)4(11)3(10)2-1-15-6(9-2)7(13)14/h1,3-4,10-11H,(H2,8,12)(H,13,14)/p-1. The first-order valence-corrected chi connectivity index (χ1v) is 4.63. The summed E-state index contributed by atoms with van der Waals surface area (Å²) in [6, 6.07) is 0. The van der Waals surface area contributed by atoms with Crippen LogP contribution in [0.1, 0.15) is 21.6 Å². The second kappa shape index (κ2) is 4.34. The molecule has 82 valence electrons. The summed E-state index contributed by atoms with van der Waals surface area (Å²) in [6.07, 6.45) is -3.45. The molecule has 0 saturated heterocycles. The van der Waals surface area contributed by atoms with Crippen molar-refractivity contribution in [3.05, 3.63) is 16.1 Å². The zero-order chi connectivity index (χ0) is 11.6. The molecule has 2 atom stereocenters. The first-order chi connectivity index (χ1) is 6.93. The molecular formula is C7H7N2O5S-. The zero-order valence-electron chi connectivity index (χ0n) is 7.28. The number of hydrogen-bond donors (Lipinski definition) is 3. The molecule has 0 fully saturated rings. The molecule has 4 N–H and O–H groups in total. The largest absolute Gasteiger partial charge is 0.542 e. The third-order valence-corrected chi connectivity index (χ3v) is 2.43. The Kier molecular flexibility index (Phi) is 3.35. The Labute approximate surface area is 87.8 Å². The van der Waals surface area contributed by atoms with Gasteiger partial charge in [-0.3, -0.25) is 4.79 Å². The maximum Gasteiger partial charge on any atom is 0.249 e. The highest BCUT2D eigenvalue weighted by atomic mass is 32.1. The number of amides is 1. The molecule has 1 heterocycles. The van der Waals surface area contributed by atoms with Gasteiger partial charge in [-0.25, -0.2) is 4.98 Å². The molecule has 2 unspecified atom stereocenters. The summed E-state index contributed by atoms with van der Waals surface area (Å²) >= 11 is 0.719. The average Bonchev–Trinajstić information content (AvgIpc) is 2.64. The van der Waals surface area contributed by atoms with Gasteiger partial charge in [0.2, 0.25) is 5.91 Å². The van der Waals surface area contributed by atoms with E-state index in [9.17, 15) is 19.8 Å². The topological polar surface area (TPSA) is 137 Å². The molecule has 0 bridgehead atoms. The van der Waals surface area contributed by atoms with Gasteiger partial charge < -0.3 is 25.8 Å². The van der Waals surface area contributed by atoms with Gasteiger partial charge in [0.05, 0.1) is 5.69 Å². The molecule has 0 aliphatic carbocycles. The van der Waals surface area contributed by atoms with Crippen LogP contribution >= 0.6 is 11.3 Å². The van der Waals surface area contributed by atoms with Gasteiger partial charge in [0.15, 0.2) is 6.10 Å². The normalized spacial score (nSPS) is 14.5. The SMILES string of the molecule is NC(=O)C(O)C(O)c1csc(C(=O)[O-])n1. The Morgan fingerprint density at radius 2 is 2.13 bits per heavy atom. The van der Waals surface area contributed by atoms with E-state index in [1.807, 2.05) is 0 Å². The van der Waals surface area contributed by atoms with E-state index in [1.165, 1.54) is 5.38 Å². The zero-order valence-corrected chi connectivity index (χ0v) is 8.10. The smallest absolute Gasteiger partial charge is 0.249 e. The van der Waals surface area contributed by atoms with E-state index >= 15 is 0 Å². The number of nitrogens with zero attached hydrogens (tertiary/aromatic N) is 1. The monoisotopic (exact) mass is 231 g/mol. The summed E-state index contributed by atoms with van der Waals surface area (Å²) < 4.78 is 0. The van der Waals surface area contributed by atoms with Crippen molar-refractivity contribution in [3.8, 4) is 0 Å². The third-order valence-electron chi connectivity index (χ3n) is 1.59. The van der Waals surface area contributed by atoms with Crippen molar-refractivity contribution in [1.29, 1.82) is 0 Å². The van der Waals surface area contributed by atoms with E-state index in [1.54, 1.807) is 0 Å². The molecule has 0 saturated carbocycles. The second-order valence-corrected chi connectivity index (χ2v) is 3.52. The summed E-state index contributed by atoms with van der Waals surface area (Å²) in [5.41, 5.74) is 4.61. The molecule has 8 heteroatoms. The fraction of sp³-hybridized carbons (Fsp3) is 0.286. The molecule has 7 nitrogen and oxygen atoms in total. The van der Waals surface area contributed by atoms with E-state index in [0.717, 1.165) is 11.3 Å². The number of carbonyl (C=O) groups excluding carboxylic acids is 2. The molecule has 0 aromatic carbocycles. The maximum absolute atomic E-state index is 10.5. The predicted molar refractivity (Wildman–Crippen MR) is 46.6 cm³/mol. The van der Waals surface area contributed by atoms with Crippen LogP contribution in [0.5, 0.6) is 0 Å². The molecule has 1 amide bonds. The second-order valence-electron chi connectivity index (χ2n) is 2.66. The summed E-state index contributed by atoms with van der Waals surface area (Å²) in [5, 5.41) is 29.6. The number of aliphatic hydroxyl groups is 2. The summed E-state index contributed by atoms with van der Waals surface area (Å²) in [7, 11) is 0. The van der Waals surface area contributed by atoms with Crippen LogP contribution in [0.4, 0.5) is 0 Å². The maximum atomic E-state index is 10.5. The Hall–Kier alpha value is -1.51. The van der Waals surface area contributed by atoms with E-state index in [0.29, 0.717) is 0 Å². The van der Waals surface area contributed by atoms with Crippen molar-refractivity contribution in [1.82, 2.24) is 4.98 Å². The lowest BCUT2D eigenvalue weighted by Crippen LogP contribution is -2.34. The number of aliphatic hydroxyl groups excluding tert-OH is 2. The molecule has 0 aliphatic rings. The van der Waals surface area contributed by atoms with Gasteiger partial charge in [0, 0.05) is 5.38 Å². The van der Waals surface area contributed by atoms with Gasteiger partial charge in [-0.1, -0.05) is 0 Å². The van der Waals surface area contributed by atoms with Gasteiger partial charge in [0.25, 0.3) is 0 Å². The number of carboxylic acids is 1. The molecule has 1 rings (SSSR count). The van der Waals surface area contributed by atoms with Crippen molar-refractivity contribution in [2.24, 2.45) is 5.73 Å². The Bertz CT molecular complexity index is 390. The van der Waals surface area contributed by atoms with Crippen LogP contribution < -0.4 is 10.8 Å². The predicted octanol–water partition coefficient (Wildman–Crippen LogP) is -2.61. The van der Waals surface area contributed by atoms with Crippen LogP contribution in [0.2, 0.25) is 0 Å². The van der Waals surface area contributed by atoms with Gasteiger partial charge in [-0.15, -0.1) is 11.3 Å². The minimum atomic E-state index is -1.82. The fourth-order valence-corrected chi connectivity index (χ4v) is 1.51. The van der Waals surface area contributed by atoms with E-state index in [-0.39, 0.29) is 10.7 Å². The number of rotatable bonds is 4. The number of carboxylic acid groups (broad SMARTS) is 1. The van der Waals surface area contributed by atoms with Crippen LogP contribution in [0, 0.1) is 0 Å². The first-order valence-electron chi connectivity index (χ1n) is 3.75. The summed E-state index contributed by atoms with van der Waals surface area (Å²) in [6.45, 7) is 0. The highest BCUT2D eigenvalue weighted by molar-refractivity contribution is 7.11. The van der Waals surface area contributed by atoms with Crippen LogP contribution in [0.15, 0.2) is 5.38 Å². The lowest BCUT2D eigenvalue weighted by atomic mass is 10.1. The molecule has 0 aliphatic heterocycles. The quantitative estimate of drug-likeness (QED) is 0.519. The van der Waals surface area contributed by atoms with Crippen molar-refractivity contribution in [2.75, 3.05) is 0 Å². The average molecular weight is 231 g/mol. The van der Waals surface area contributed by atoms with Crippen LogP contribution in [0.3, 0.4) is 0 Å². The summed E-state index contributed by atoms with van der Waals surface area (Å²) in [4.78, 5) is 24.3. The van der Waals surface area contributed by atoms with E-state index < -0.39 is 24.1 Å². The number of primary amides is 1. The lowest BCUT2D eigenvalue weighted by Gasteiger charge is -2.11. The van der Waals surface area contributed by atoms with Crippen molar-refractivity contribution in [2.45, 2.75) is 12.2 Å². The highest BCUT2D eigenvalue weighted by Gasteiger charge is 2.25. The van der Waals surface area contributed by atoms with E-state index in [2.05, 4.69) is 4.98 Å². The molecular weight excluding hydrogens is 224 g/mol. The van der Waals surface area contributed by atoms with Crippen LogP contribution in [0.25, 0.3) is 0 Å². The fourth-order valence-electron chi connectivity index (χ4n) is 0.833. The molecule has 0 spiro atoms. The minimum absolute atomic E-state index is 0.134. The Morgan fingerprint density at radius 3 is 2.53 bits per heavy atom. The van der Waals surface area contributed by atoms with Crippen LogP contribution in [-0.4, -0.2) is 33.2 Å². The third kappa shape index (κ3) is 2.49. The molecule has 1 aromatic rings. The number of aromatic carboxylic acids is 1. The molecule has 0 radical (unpaired) electrons. The first kappa shape index (κ1) is 11.6. The highest BCUT2D eigenvalue weighted by Crippen LogP contribution is 2.19.